The molecule has 9 nitrogen and oxygen atoms in total. The average Bonchev–Trinajstić information content (AvgIpc) is 3.31. The third-order valence-corrected chi connectivity index (χ3v) is 7.00. The van der Waals surface area contributed by atoms with E-state index in [-0.39, 0.29) is 12.1 Å². The minimum absolute atomic E-state index is 0.206. The molecule has 3 heterocycles. The van der Waals surface area contributed by atoms with Crippen molar-refractivity contribution in [3.8, 4) is 22.5 Å². The Labute approximate surface area is 205 Å². The fourth-order valence-electron chi connectivity index (χ4n) is 5.03. The molecule has 0 amide bonds. The zero-order chi connectivity index (χ0) is 24.1. The van der Waals surface area contributed by atoms with Crippen LogP contribution in [0.4, 0.5) is 5.82 Å². The number of aromatic amines is 1. The van der Waals surface area contributed by atoms with E-state index in [1.165, 1.54) is 10.7 Å². The first-order chi connectivity index (χ1) is 17.1. The largest absolute Gasteiger partial charge is 0.388 e. The molecule has 2 aromatic heterocycles. The van der Waals surface area contributed by atoms with Crippen LogP contribution < -0.4 is 10.9 Å². The number of benzene rings is 1. The minimum atomic E-state index is -0.883. The molecule has 3 aromatic rings. The van der Waals surface area contributed by atoms with Crippen molar-refractivity contribution in [2.75, 3.05) is 44.7 Å². The quantitative estimate of drug-likeness (QED) is 0.457. The van der Waals surface area contributed by atoms with Crippen LogP contribution in [0.25, 0.3) is 22.5 Å². The van der Waals surface area contributed by atoms with Crippen LogP contribution in [0, 0.1) is 0 Å². The van der Waals surface area contributed by atoms with Gasteiger partial charge in [0.25, 0.3) is 5.56 Å². The molecule has 186 valence electrons. The van der Waals surface area contributed by atoms with Gasteiger partial charge in [-0.3, -0.25) is 14.8 Å². The molecule has 3 N–H and O–H groups in total. The first-order valence-electron chi connectivity index (χ1n) is 12.6. The molecule has 0 atom stereocenters. The number of nitrogens with one attached hydrogen (secondary N) is 2. The van der Waals surface area contributed by atoms with Gasteiger partial charge in [0.2, 0.25) is 0 Å². The molecule has 5 rings (SSSR count). The molecule has 0 radical (unpaired) electrons. The molecule has 1 aliphatic heterocycles. The Kier molecular flexibility index (Phi) is 7.26. The number of morpholine rings is 1. The highest BCUT2D eigenvalue weighted by Gasteiger charge is 2.30. The zero-order valence-corrected chi connectivity index (χ0v) is 20.1. The number of nitrogens with zero attached hydrogens (tertiary/aromatic N) is 4. The van der Waals surface area contributed by atoms with E-state index in [0.717, 1.165) is 75.5 Å². The molecule has 1 aliphatic carbocycles. The average molecular weight is 479 g/mol. The lowest BCUT2D eigenvalue weighted by atomic mass is 9.85. The molecule has 2 aliphatic rings. The van der Waals surface area contributed by atoms with Gasteiger partial charge in [0.1, 0.15) is 0 Å². The summed E-state index contributed by atoms with van der Waals surface area (Å²) in [5, 5.41) is 27.0. The lowest BCUT2D eigenvalue weighted by molar-refractivity contribution is -0.0153. The number of rotatable bonds is 8. The Bertz CT molecular complexity index is 1160. The summed E-state index contributed by atoms with van der Waals surface area (Å²) in [6.45, 7) is 5.21. The Hall–Kier alpha value is -3.01. The summed E-state index contributed by atoms with van der Waals surface area (Å²) < 4.78 is 6.86. The van der Waals surface area contributed by atoms with Gasteiger partial charge in [0.05, 0.1) is 42.3 Å². The van der Waals surface area contributed by atoms with Gasteiger partial charge < -0.3 is 15.2 Å². The molecule has 1 aromatic carbocycles. The van der Waals surface area contributed by atoms with E-state index in [4.69, 9.17) is 9.84 Å². The molecule has 1 saturated heterocycles. The molecule has 2 fully saturated rings. The maximum Gasteiger partial charge on any atom is 0.266 e. The molecule has 0 unspecified atom stereocenters. The van der Waals surface area contributed by atoms with E-state index in [2.05, 4.69) is 20.4 Å². The highest BCUT2D eigenvalue weighted by atomic mass is 16.5. The molecule has 0 bridgehead atoms. The summed E-state index contributed by atoms with van der Waals surface area (Å²) in [5.41, 5.74) is 2.20. The van der Waals surface area contributed by atoms with Crippen molar-refractivity contribution in [2.24, 2.45) is 0 Å². The number of anilines is 1. The first kappa shape index (κ1) is 23.7. The molecule has 0 spiro atoms. The van der Waals surface area contributed by atoms with Gasteiger partial charge in [-0.25, -0.2) is 4.68 Å². The van der Waals surface area contributed by atoms with Crippen molar-refractivity contribution in [2.45, 2.75) is 44.2 Å². The van der Waals surface area contributed by atoms with Gasteiger partial charge >= 0.3 is 0 Å². The monoisotopic (exact) mass is 478 g/mol. The van der Waals surface area contributed by atoms with Gasteiger partial charge in [0.15, 0.2) is 5.82 Å². The fourth-order valence-corrected chi connectivity index (χ4v) is 5.03. The van der Waals surface area contributed by atoms with Crippen molar-refractivity contribution in [1.82, 2.24) is 24.9 Å². The third-order valence-electron chi connectivity index (χ3n) is 7.00. The Morgan fingerprint density at radius 2 is 1.83 bits per heavy atom. The number of ether oxygens (including phenoxy) is 1. The Morgan fingerprint density at radius 3 is 2.60 bits per heavy atom. The van der Waals surface area contributed by atoms with E-state index >= 15 is 0 Å². The summed E-state index contributed by atoms with van der Waals surface area (Å²) in [6.07, 6.45) is 4.46. The van der Waals surface area contributed by atoms with Crippen LogP contribution in [0.15, 0.2) is 47.3 Å². The Balaban J connectivity index is 1.45. The van der Waals surface area contributed by atoms with E-state index in [9.17, 15) is 9.90 Å². The summed E-state index contributed by atoms with van der Waals surface area (Å²) in [4.78, 5) is 15.0. The van der Waals surface area contributed by atoms with Gasteiger partial charge in [-0.05, 0) is 18.9 Å². The number of H-pyrrole nitrogens is 1. The van der Waals surface area contributed by atoms with E-state index < -0.39 is 5.60 Å². The Morgan fingerprint density at radius 1 is 1.06 bits per heavy atom. The van der Waals surface area contributed by atoms with Crippen LogP contribution in [0.5, 0.6) is 0 Å². The molecule has 1 saturated carbocycles. The van der Waals surface area contributed by atoms with Gasteiger partial charge in [0, 0.05) is 37.8 Å². The normalized spacial score (nSPS) is 18.4. The van der Waals surface area contributed by atoms with Crippen molar-refractivity contribution < 1.29 is 9.84 Å². The lowest BCUT2D eigenvalue weighted by Crippen LogP contribution is -2.40. The molecule has 9 heteroatoms. The lowest BCUT2D eigenvalue weighted by Gasteiger charge is -2.32. The summed E-state index contributed by atoms with van der Waals surface area (Å²) in [5.74, 6) is 0.700. The van der Waals surface area contributed by atoms with Crippen LogP contribution in [0.1, 0.15) is 32.1 Å². The van der Waals surface area contributed by atoms with E-state index in [0.29, 0.717) is 24.4 Å². The van der Waals surface area contributed by atoms with Crippen molar-refractivity contribution in [3.63, 3.8) is 0 Å². The topological polar surface area (TPSA) is 108 Å². The SMILES string of the molecule is O=c1ccc(-c2c(NCCN3CCOCC3)n[nH]c2-c2ccccc2)nn1CC1(O)CCCCC1. The fraction of sp³-hybridized carbons (Fsp3) is 0.500. The van der Waals surface area contributed by atoms with Crippen LogP contribution in [-0.4, -0.2) is 75.0 Å². The van der Waals surface area contributed by atoms with Crippen molar-refractivity contribution in [3.05, 3.63) is 52.8 Å². The van der Waals surface area contributed by atoms with Crippen LogP contribution in [0.2, 0.25) is 0 Å². The standard InChI is InChI=1S/C26H34N6O3/c33-22-10-9-21(30-32(22)19-26(34)11-5-2-6-12-26)23-24(20-7-3-1-4-8-20)28-29-25(23)27-13-14-31-15-17-35-18-16-31/h1,3-4,7-10,34H,2,5-6,11-19H2,(H2,27,28,29). The summed E-state index contributed by atoms with van der Waals surface area (Å²) in [6, 6.07) is 13.3. The highest BCUT2D eigenvalue weighted by Crippen LogP contribution is 2.35. The second kappa shape index (κ2) is 10.7. The molecular formula is C26H34N6O3. The second-order valence-electron chi connectivity index (χ2n) is 9.57. The number of hydrogen-bond donors (Lipinski definition) is 3. The summed E-state index contributed by atoms with van der Waals surface area (Å²) >= 11 is 0. The first-order valence-corrected chi connectivity index (χ1v) is 12.6. The van der Waals surface area contributed by atoms with Crippen LogP contribution in [0.3, 0.4) is 0 Å². The van der Waals surface area contributed by atoms with Gasteiger partial charge in [-0.15, -0.1) is 0 Å². The van der Waals surface area contributed by atoms with Crippen molar-refractivity contribution in [1.29, 1.82) is 0 Å². The molecule has 35 heavy (non-hydrogen) atoms. The van der Waals surface area contributed by atoms with E-state index in [1.54, 1.807) is 6.07 Å². The highest BCUT2D eigenvalue weighted by molar-refractivity contribution is 5.86. The smallest absolute Gasteiger partial charge is 0.266 e. The van der Waals surface area contributed by atoms with E-state index in [1.807, 2.05) is 30.3 Å². The minimum Gasteiger partial charge on any atom is -0.388 e. The van der Waals surface area contributed by atoms with Gasteiger partial charge in [-0.1, -0.05) is 49.6 Å². The maximum absolute atomic E-state index is 12.7. The second-order valence-corrected chi connectivity index (χ2v) is 9.57. The predicted octanol–water partition coefficient (Wildman–Crippen LogP) is 2.74. The number of aliphatic hydroxyl groups is 1. The van der Waals surface area contributed by atoms with Gasteiger partial charge in [-0.2, -0.15) is 10.2 Å². The van der Waals surface area contributed by atoms with Crippen LogP contribution >= 0.6 is 0 Å². The summed E-state index contributed by atoms with van der Waals surface area (Å²) in [7, 11) is 0. The van der Waals surface area contributed by atoms with Crippen LogP contribution in [-0.2, 0) is 11.3 Å². The third kappa shape index (κ3) is 5.63. The van der Waals surface area contributed by atoms with Crippen molar-refractivity contribution >= 4 is 5.82 Å². The number of hydrogen-bond acceptors (Lipinski definition) is 7. The molecular weight excluding hydrogens is 444 g/mol. The maximum atomic E-state index is 12.7. The zero-order valence-electron chi connectivity index (χ0n) is 20.1. The number of aromatic nitrogens is 4. The predicted molar refractivity (Wildman–Crippen MR) is 135 cm³/mol.